The van der Waals surface area contributed by atoms with Gasteiger partial charge in [0.05, 0.1) is 6.54 Å². The molecular formula is C12H12N2O3S. The van der Waals surface area contributed by atoms with Crippen molar-refractivity contribution in [2.45, 2.75) is 4.90 Å². The van der Waals surface area contributed by atoms with Crippen molar-refractivity contribution in [2.75, 3.05) is 13.6 Å². The van der Waals surface area contributed by atoms with Crippen molar-refractivity contribution in [1.82, 2.24) is 8.87 Å². The Morgan fingerprint density at radius 1 is 1.17 bits per heavy atom. The van der Waals surface area contributed by atoms with Crippen molar-refractivity contribution in [3.05, 3.63) is 30.0 Å². The van der Waals surface area contributed by atoms with Gasteiger partial charge in [-0.3, -0.25) is 4.79 Å². The molecule has 0 radical (unpaired) electrons. The third-order valence-corrected chi connectivity index (χ3v) is 5.24. The summed E-state index contributed by atoms with van der Waals surface area (Å²) in [7, 11) is -0.417. The number of para-hydroxylation sites is 1. The van der Waals surface area contributed by atoms with E-state index in [0.29, 0.717) is 5.39 Å². The lowest BCUT2D eigenvalue weighted by Crippen LogP contribution is -2.38. The zero-order chi connectivity index (χ0) is 13.1. The predicted molar refractivity (Wildman–Crippen MR) is 67.1 cm³/mol. The summed E-state index contributed by atoms with van der Waals surface area (Å²) in [6.45, 7) is -0.0977. The number of fused-ring (bicyclic) bond motifs is 3. The third kappa shape index (κ3) is 1.24. The van der Waals surface area contributed by atoms with Crippen LogP contribution in [-0.4, -0.2) is 36.7 Å². The van der Waals surface area contributed by atoms with E-state index in [1.807, 2.05) is 12.1 Å². The summed E-state index contributed by atoms with van der Waals surface area (Å²) in [6, 6.07) is 7.15. The van der Waals surface area contributed by atoms with Crippen LogP contribution in [0.15, 0.2) is 29.2 Å². The molecule has 94 valence electrons. The Kier molecular flexibility index (Phi) is 2.18. The molecule has 0 saturated carbocycles. The number of hydrogen-bond donors (Lipinski definition) is 0. The number of carbonyl (C=O) groups excluding carboxylic acids is 1. The molecule has 18 heavy (non-hydrogen) atoms. The maximum Gasteiger partial charge on any atom is 0.246 e. The van der Waals surface area contributed by atoms with Crippen LogP contribution in [-0.2, 0) is 17.1 Å². The maximum absolute atomic E-state index is 12.3. The van der Waals surface area contributed by atoms with Gasteiger partial charge in [0.15, 0.2) is 5.78 Å². The average Bonchev–Trinajstić information content (AvgIpc) is 2.63. The standard InChI is InChI=1S/C12H12N2O3S/c1-13-7-10(15)11-12(18(13,16)17)8-5-3-4-6-9(8)14(11)2/h3-6H,7H2,1-2H3. The van der Waals surface area contributed by atoms with Crippen LogP contribution < -0.4 is 0 Å². The highest BCUT2D eigenvalue weighted by Crippen LogP contribution is 2.34. The molecule has 0 amide bonds. The molecule has 3 rings (SSSR count). The van der Waals surface area contributed by atoms with E-state index in [1.54, 1.807) is 23.7 Å². The molecule has 1 aromatic heterocycles. The van der Waals surface area contributed by atoms with Gasteiger partial charge in [0.1, 0.15) is 10.6 Å². The molecule has 1 aliphatic heterocycles. The van der Waals surface area contributed by atoms with Gasteiger partial charge in [0.2, 0.25) is 10.0 Å². The maximum atomic E-state index is 12.3. The minimum absolute atomic E-state index is 0.0977. The lowest BCUT2D eigenvalue weighted by Gasteiger charge is -2.22. The second-order valence-corrected chi connectivity index (χ2v) is 6.42. The second kappa shape index (κ2) is 3.43. The third-order valence-electron chi connectivity index (χ3n) is 3.36. The quantitative estimate of drug-likeness (QED) is 0.713. The van der Waals surface area contributed by atoms with Crippen LogP contribution in [0, 0.1) is 0 Å². The number of nitrogens with zero attached hydrogens (tertiary/aromatic N) is 2. The molecule has 6 heteroatoms. The molecule has 0 bridgehead atoms. The first-order valence-electron chi connectivity index (χ1n) is 5.51. The van der Waals surface area contributed by atoms with Crippen LogP contribution in [0.5, 0.6) is 0 Å². The Balaban J connectivity index is 2.56. The molecule has 2 aromatic rings. The van der Waals surface area contributed by atoms with E-state index in [9.17, 15) is 13.2 Å². The van der Waals surface area contributed by atoms with Crippen molar-refractivity contribution in [1.29, 1.82) is 0 Å². The molecule has 0 saturated heterocycles. The number of ketones is 1. The minimum Gasteiger partial charge on any atom is -0.340 e. The number of rotatable bonds is 0. The van der Waals surface area contributed by atoms with Crippen molar-refractivity contribution in [3.8, 4) is 0 Å². The topological polar surface area (TPSA) is 59.4 Å². The van der Waals surface area contributed by atoms with Crippen molar-refractivity contribution in [3.63, 3.8) is 0 Å². The molecule has 1 aromatic carbocycles. The van der Waals surface area contributed by atoms with Crippen LogP contribution in [0.4, 0.5) is 0 Å². The fourth-order valence-electron chi connectivity index (χ4n) is 2.45. The first-order valence-corrected chi connectivity index (χ1v) is 6.95. The monoisotopic (exact) mass is 264 g/mol. The zero-order valence-electron chi connectivity index (χ0n) is 10.0. The number of Topliss-reactive ketones (excluding diaryl/α,β-unsaturated/α-hetero) is 1. The predicted octanol–water partition coefficient (Wildman–Crippen LogP) is 0.995. The fourth-order valence-corrected chi connectivity index (χ4v) is 4.00. The second-order valence-electron chi connectivity index (χ2n) is 4.44. The van der Waals surface area contributed by atoms with Gasteiger partial charge in [0, 0.05) is 25.0 Å². The van der Waals surface area contributed by atoms with E-state index in [2.05, 4.69) is 0 Å². The summed E-state index contributed by atoms with van der Waals surface area (Å²) >= 11 is 0. The number of carbonyl (C=O) groups is 1. The first kappa shape index (κ1) is 11.4. The smallest absolute Gasteiger partial charge is 0.246 e. The normalized spacial score (nSPS) is 19.1. The number of sulfonamides is 1. The Morgan fingerprint density at radius 3 is 2.56 bits per heavy atom. The molecule has 2 heterocycles. The number of hydrogen-bond acceptors (Lipinski definition) is 3. The van der Waals surface area contributed by atoms with Gasteiger partial charge < -0.3 is 4.57 Å². The van der Waals surface area contributed by atoms with E-state index in [-0.39, 0.29) is 22.9 Å². The molecule has 0 aliphatic carbocycles. The van der Waals surface area contributed by atoms with E-state index in [0.717, 1.165) is 9.82 Å². The summed E-state index contributed by atoms with van der Waals surface area (Å²) in [4.78, 5) is 12.2. The summed E-state index contributed by atoms with van der Waals surface area (Å²) in [6.07, 6.45) is 0. The largest absolute Gasteiger partial charge is 0.340 e. The van der Waals surface area contributed by atoms with Crippen LogP contribution in [0.2, 0.25) is 0 Å². The Labute approximate surface area is 105 Å². The van der Waals surface area contributed by atoms with E-state index >= 15 is 0 Å². The van der Waals surface area contributed by atoms with Gasteiger partial charge in [-0.05, 0) is 6.07 Å². The molecule has 0 fully saturated rings. The lowest BCUT2D eigenvalue weighted by molar-refractivity contribution is 0.0955. The summed E-state index contributed by atoms with van der Waals surface area (Å²) in [5.74, 6) is -0.166. The highest BCUT2D eigenvalue weighted by atomic mass is 32.2. The zero-order valence-corrected chi connectivity index (χ0v) is 10.9. The fraction of sp³-hybridized carbons (Fsp3) is 0.250. The van der Waals surface area contributed by atoms with Gasteiger partial charge in [-0.25, -0.2) is 8.42 Å². The Hall–Kier alpha value is -1.66. The molecule has 0 atom stereocenters. The highest BCUT2D eigenvalue weighted by molar-refractivity contribution is 7.89. The van der Waals surface area contributed by atoms with Crippen molar-refractivity contribution < 1.29 is 13.2 Å². The highest BCUT2D eigenvalue weighted by Gasteiger charge is 2.38. The van der Waals surface area contributed by atoms with E-state index < -0.39 is 10.0 Å². The van der Waals surface area contributed by atoms with Crippen molar-refractivity contribution in [2.24, 2.45) is 7.05 Å². The van der Waals surface area contributed by atoms with Gasteiger partial charge in [-0.15, -0.1) is 0 Å². The SMILES string of the molecule is CN1CC(=O)c2c(c3ccccc3n2C)S1(=O)=O. The molecule has 5 nitrogen and oxygen atoms in total. The summed E-state index contributed by atoms with van der Waals surface area (Å²) < 4.78 is 27.4. The van der Waals surface area contributed by atoms with Crippen LogP contribution in [0.1, 0.15) is 10.5 Å². The van der Waals surface area contributed by atoms with Gasteiger partial charge >= 0.3 is 0 Å². The van der Waals surface area contributed by atoms with Gasteiger partial charge in [-0.2, -0.15) is 4.31 Å². The number of likely N-dealkylation sites (N-methyl/N-ethyl adjacent to an activating group) is 1. The molecule has 0 unspecified atom stereocenters. The van der Waals surface area contributed by atoms with Crippen LogP contribution >= 0.6 is 0 Å². The molecule has 0 N–H and O–H groups in total. The van der Waals surface area contributed by atoms with Gasteiger partial charge in [0.25, 0.3) is 0 Å². The van der Waals surface area contributed by atoms with E-state index in [1.165, 1.54) is 7.05 Å². The van der Waals surface area contributed by atoms with Gasteiger partial charge in [-0.1, -0.05) is 18.2 Å². The van der Waals surface area contributed by atoms with Crippen molar-refractivity contribution >= 4 is 26.7 Å². The minimum atomic E-state index is -3.57. The number of aryl methyl sites for hydroxylation is 1. The average molecular weight is 264 g/mol. The van der Waals surface area contributed by atoms with E-state index in [4.69, 9.17) is 0 Å². The summed E-state index contributed by atoms with van der Waals surface area (Å²) in [5, 5.41) is 0.606. The summed E-state index contributed by atoms with van der Waals surface area (Å²) in [5.41, 5.74) is 1.05. The van der Waals surface area contributed by atoms with Crippen LogP contribution in [0.25, 0.3) is 10.9 Å². The molecular weight excluding hydrogens is 252 g/mol. The van der Waals surface area contributed by atoms with Crippen LogP contribution in [0.3, 0.4) is 0 Å². The number of aromatic nitrogens is 1. The lowest BCUT2D eigenvalue weighted by atomic mass is 10.2. The molecule has 1 aliphatic rings. The first-order chi connectivity index (χ1) is 8.44. The number of benzene rings is 1. The molecule has 0 spiro atoms. The Bertz CT molecular complexity index is 774. The Morgan fingerprint density at radius 2 is 1.83 bits per heavy atom.